The number of aliphatic hydroxyl groups is 1. The number of fused-ring (bicyclic) bond motifs is 1. The lowest BCUT2D eigenvalue weighted by Gasteiger charge is -2.18. The Labute approximate surface area is 177 Å². The molecule has 0 saturated heterocycles. The van der Waals surface area contributed by atoms with Crippen LogP contribution in [0.2, 0.25) is 0 Å². The van der Waals surface area contributed by atoms with Gasteiger partial charge in [0.15, 0.2) is 0 Å². The molecule has 2 atom stereocenters. The zero-order chi connectivity index (χ0) is 21.3. The fraction of sp³-hybridized carbons (Fsp3) is 0.522. The van der Waals surface area contributed by atoms with Crippen molar-refractivity contribution in [1.82, 2.24) is 9.97 Å². The van der Waals surface area contributed by atoms with Crippen molar-refractivity contribution in [2.45, 2.75) is 63.4 Å². The van der Waals surface area contributed by atoms with E-state index in [4.69, 9.17) is 4.74 Å². The first-order valence-electron chi connectivity index (χ1n) is 10.7. The lowest BCUT2D eigenvalue weighted by molar-refractivity contribution is -0.137. The molecule has 0 fully saturated rings. The number of carbonyl (C=O) groups is 1. The zero-order valence-corrected chi connectivity index (χ0v) is 17.5. The van der Waals surface area contributed by atoms with Crippen molar-refractivity contribution in [1.29, 1.82) is 0 Å². The van der Waals surface area contributed by atoms with Crippen LogP contribution in [-0.4, -0.2) is 45.9 Å². The lowest BCUT2D eigenvalue weighted by atomic mass is 9.90. The van der Waals surface area contributed by atoms with Gasteiger partial charge in [-0.15, -0.1) is 0 Å². The smallest absolute Gasteiger partial charge is 0.303 e. The number of nitrogens with one attached hydrogen (secondary N) is 1. The number of carboxylic acids is 1. The second-order valence-electron chi connectivity index (χ2n) is 7.89. The van der Waals surface area contributed by atoms with Crippen LogP contribution in [0.4, 0.5) is 5.82 Å². The molecule has 0 saturated carbocycles. The Morgan fingerprint density at radius 3 is 2.83 bits per heavy atom. The van der Waals surface area contributed by atoms with Crippen molar-refractivity contribution in [3.8, 4) is 5.88 Å². The van der Waals surface area contributed by atoms with Crippen molar-refractivity contribution in [2.24, 2.45) is 0 Å². The summed E-state index contributed by atoms with van der Waals surface area (Å²) in [6.07, 6.45) is 6.99. The molecule has 7 heteroatoms. The molecular weight excluding hydrogens is 382 g/mol. The molecule has 0 unspecified atom stereocenters. The average Bonchev–Trinajstić information content (AvgIpc) is 2.76. The molecule has 3 heterocycles. The van der Waals surface area contributed by atoms with Crippen LogP contribution < -0.4 is 10.1 Å². The van der Waals surface area contributed by atoms with Gasteiger partial charge in [0.2, 0.25) is 5.88 Å². The number of aliphatic carboxylic acids is 1. The van der Waals surface area contributed by atoms with E-state index in [1.165, 1.54) is 5.56 Å². The predicted octanol–water partition coefficient (Wildman–Crippen LogP) is 3.57. The molecule has 3 N–H and O–H groups in total. The number of aryl methyl sites for hydroxylation is 2. The lowest BCUT2D eigenvalue weighted by Crippen LogP contribution is -2.15. The molecule has 1 aliphatic heterocycles. The van der Waals surface area contributed by atoms with Gasteiger partial charge in [-0.25, -0.2) is 9.97 Å². The first kappa shape index (κ1) is 22.0. The summed E-state index contributed by atoms with van der Waals surface area (Å²) in [5, 5.41) is 23.0. The predicted molar refractivity (Wildman–Crippen MR) is 115 cm³/mol. The number of aliphatic hydroxyl groups excluding tert-OH is 1. The van der Waals surface area contributed by atoms with Gasteiger partial charge in [-0.1, -0.05) is 18.6 Å². The molecule has 2 aromatic heterocycles. The summed E-state index contributed by atoms with van der Waals surface area (Å²) in [4.78, 5) is 20.1. The summed E-state index contributed by atoms with van der Waals surface area (Å²) in [7, 11) is 1.55. The number of hydrogen-bond donors (Lipinski definition) is 3. The maximum Gasteiger partial charge on any atom is 0.303 e. The van der Waals surface area contributed by atoms with Crippen LogP contribution in [0.25, 0.3) is 0 Å². The normalized spacial score (nSPS) is 15.0. The molecule has 1 aliphatic rings. The van der Waals surface area contributed by atoms with E-state index in [0.717, 1.165) is 49.3 Å². The van der Waals surface area contributed by atoms with Gasteiger partial charge in [-0.3, -0.25) is 4.79 Å². The fourth-order valence-corrected chi connectivity index (χ4v) is 3.92. The molecule has 2 aromatic rings. The summed E-state index contributed by atoms with van der Waals surface area (Å²) < 4.78 is 5.07. The maximum atomic E-state index is 11.3. The highest BCUT2D eigenvalue weighted by atomic mass is 16.5. The van der Waals surface area contributed by atoms with Gasteiger partial charge < -0.3 is 20.3 Å². The van der Waals surface area contributed by atoms with E-state index in [1.807, 2.05) is 6.07 Å². The summed E-state index contributed by atoms with van der Waals surface area (Å²) >= 11 is 0. The third-order valence-corrected chi connectivity index (χ3v) is 5.64. The SMILES string of the molecule is COc1ccc([C@@H](CCC[C@@H](O)CCc2ccc3c(n2)NCCC3)CC(=O)O)cn1. The molecule has 30 heavy (non-hydrogen) atoms. The molecule has 0 amide bonds. The largest absolute Gasteiger partial charge is 0.481 e. The Kier molecular flexibility index (Phi) is 8.02. The Balaban J connectivity index is 1.46. The van der Waals surface area contributed by atoms with E-state index in [2.05, 4.69) is 27.4 Å². The Hall–Kier alpha value is -2.67. The number of ether oxygens (including phenoxy) is 1. The van der Waals surface area contributed by atoms with Crippen LogP contribution in [0.5, 0.6) is 5.88 Å². The summed E-state index contributed by atoms with van der Waals surface area (Å²) in [6, 6.07) is 7.80. The monoisotopic (exact) mass is 413 g/mol. The second-order valence-corrected chi connectivity index (χ2v) is 7.89. The van der Waals surface area contributed by atoms with Crippen molar-refractivity contribution in [3.63, 3.8) is 0 Å². The van der Waals surface area contributed by atoms with Gasteiger partial charge in [0.05, 0.1) is 19.6 Å². The van der Waals surface area contributed by atoms with Gasteiger partial charge in [0.25, 0.3) is 0 Å². The highest BCUT2D eigenvalue weighted by molar-refractivity contribution is 5.68. The fourth-order valence-electron chi connectivity index (χ4n) is 3.92. The van der Waals surface area contributed by atoms with Gasteiger partial charge >= 0.3 is 5.97 Å². The molecule has 0 bridgehead atoms. The standard InChI is InChI=1S/C23H31N3O4/c1-30-21-12-8-18(15-25-21)17(14-22(28)29)4-2-6-20(27)11-10-19-9-7-16-5-3-13-24-23(16)26-19/h7-9,12,15,17,20,27H,2-6,10-11,13-14H2,1H3,(H,24,26)(H,28,29)/t17-,20+/m0/s1. The van der Waals surface area contributed by atoms with Crippen LogP contribution in [0.1, 0.15) is 61.3 Å². The van der Waals surface area contributed by atoms with Crippen LogP contribution in [0, 0.1) is 0 Å². The summed E-state index contributed by atoms with van der Waals surface area (Å²) in [6.45, 7) is 0.966. The molecule has 0 aromatic carbocycles. The van der Waals surface area contributed by atoms with Gasteiger partial charge in [-0.05, 0) is 61.6 Å². The first-order valence-corrected chi connectivity index (χ1v) is 10.7. The van der Waals surface area contributed by atoms with Crippen LogP contribution in [0.15, 0.2) is 30.5 Å². The topological polar surface area (TPSA) is 105 Å². The van der Waals surface area contributed by atoms with E-state index >= 15 is 0 Å². The molecule has 162 valence electrons. The number of nitrogens with zero attached hydrogens (tertiary/aromatic N) is 2. The van der Waals surface area contributed by atoms with Crippen molar-refractivity contribution in [2.75, 3.05) is 19.0 Å². The first-order chi connectivity index (χ1) is 14.5. The Morgan fingerprint density at radius 2 is 2.10 bits per heavy atom. The summed E-state index contributed by atoms with van der Waals surface area (Å²) in [5.41, 5.74) is 3.15. The minimum absolute atomic E-state index is 0.0517. The van der Waals surface area contributed by atoms with Crippen molar-refractivity contribution >= 4 is 11.8 Å². The molecule has 0 spiro atoms. The van der Waals surface area contributed by atoms with E-state index < -0.39 is 12.1 Å². The maximum absolute atomic E-state index is 11.3. The quantitative estimate of drug-likeness (QED) is 0.517. The zero-order valence-electron chi connectivity index (χ0n) is 17.5. The minimum Gasteiger partial charge on any atom is -0.481 e. The van der Waals surface area contributed by atoms with Gasteiger partial charge in [0, 0.05) is 24.5 Å². The number of anilines is 1. The van der Waals surface area contributed by atoms with Gasteiger partial charge in [-0.2, -0.15) is 0 Å². The second kappa shape index (κ2) is 10.9. The third-order valence-electron chi connectivity index (χ3n) is 5.64. The van der Waals surface area contributed by atoms with Gasteiger partial charge in [0.1, 0.15) is 5.82 Å². The van der Waals surface area contributed by atoms with Crippen molar-refractivity contribution < 1.29 is 19.7 Å². The Morgan fingerprint density at radius 1 is 1.23 bits per heavy atom. The number of rotatable bonds is 11. The van der Waals surface area contributed by atoms with E-state index in [1.54, 1.807) is 19.4 Å². The molecule has 7 nitrogen and oxygen atoms in total. The molecule has 3 rings (SSSR count). The van der Waals surface area contributed by atoms with E-state index in [0.29, 0.717) is 25.1 Å². The third kappa shape index (κ3) is 6.42. The van der Waals surface area contributed by atoms with Crippen molar-refractivity contribution in [3.05, 3.63) is 47.3 Å². The van der Waals surface area contributed by atoms with E-state index in [-0.39, 0.29) is 12.3 Å². The number of carboxylic acid groups (broad SMARTS) is 1. The van der Waals surface area contributed by atoms with Crippen LogP contribution >= 0.6 is 0 Å². The minimum atomic E-state index is -0.830. The number of aromatic nitrogens is 2. The summed E-state index contributed by atoms with van der Waals surface area (Å²) in [5.74, 6) is 0.539. The average molecular weight is 414 g/mol. The highest BCUT2D eigenvalue weighted by Crippen LogP contribution is 2.27. The van der Waals surface area contributed by atoms with Crippen LogP contribution in [-0.2, 0) is 17.6 Å². The molecule has 0 radical (unpaired) electrons. The van der Waals surface area contributed by atoms with Crippen LogP contribution in [0.3, 0.4) is 0 Å². The van der Waals surface area contributed by atoms with E-state index in [9.17, 15) is 15.0 Å². The number of pyridine rings is 2. The number of methoxy groups -OCH3 is 1. The number of hydrogen-bond acceptors (Lipinski definition) is 6. The molecule has 0 aliphatic carbocycles. The molecular formula is C23H31N3O4. The highest BCUT2D eigenvalue weighted by Gasteiger charge is 2.17. The Bertz CT molecular complexity index is 826.